The molecule has 0 amide bonds. The van der Waals surface area contributed by atoms with Crippen molar-refractivity contribution in [2.45, 2.75) is 10.4 Å². The van der Waals surface area contributed by atoms with Gasteiger partial charge in [-0.2, -0.15) is 13.2 Å². The van der Waals surface area contributed by atoms with E-state index >= 15 is 0 Å². The Kier molecular flexibility index (Phi) is 3.09. The molecule has 0 bridgehead atoms. The summed E-state index contributed by atoms with van der Waals surface area (Å²) in [5.41, 5.74) is -3.54. The first-order valence-electron chi connectivity index (χ1n) is 4.58. The van der Waals surface area contributed by atoms with E-state index in [1.165, 1.54) is 12.1 Å². The molecule has 0 fully saturated rings. The van der Waals surface area contributed by atoms with E-state index in [0.29, 0.717) is 24.6 Å². The van der Waals surface area contributed by atoms with Gasteiger partial charge in [-0.05, 0) is 36.0 Å². The van der Waals surface area contributed by atoms with Crippen LogP contribution in [0.15, 0.2) is 34.2 Å². The zero-order valence-corrected chi connectivity index (χ0v) is 8.94. The van der Waals surface area contributed by atoms with Crippen LogP contribution in [0, 0.1) is 0 Å². The molecule has 0 saturated heterocycles. The molecule has 0 aliphatic carbocycles. The molecule has 1 aliphatic heterocycles. The lowest BCUT2D eigenvalue weighted by Gasteiger charge is -2.06. The zero-order chi connectivity index (χ0) is 11.6. The molecule has 0 N–H and O–H groups in total. The average molecular weight is 247 g/mol. The maximum Gasteiger partial charge on any atom is 0.446 e. The van der Waals surface area contributed by atoms with E-state index in [-0.39, 0.29) is 16.7 Å². The summed E-state index contributed by atoms with van der Waals surface area (Å²) in [5.74, 6) is 0.503. The fourth-order valence-corrected chi connectivity index (χ4v) is 1.85. The Bertz CT molecular complexity index is 400. The van der Waals surface area contributed by atoms with Crippen molar-refractivity contribution in [2.24, 2.45) is 4.99 Å². The average Bonchev–Trinajstić information content (AvgIpc) is 2.69. The summed E-state index contributed by atoms with van der Waals surface area (Å²) >= 11 is -0.129. The summed E-state index contributed by atoms with van der Waals surface area (Å²) in [6.45, 7) is 1.14. The molecule has 1 heterocycles. The minimum absolute atomic E-state index is 0.129. The summed E-state index contributed by atoms with van der Waals surface area (Å²) in [6, 6.07) is 5.99. The number of nitrogens with zero attached hydrogens (tertiary/aromatic N) is 1. The Balaban J connectivity index is 2.10. The van der Waals surface area contributed by atoms with Crippen molar-refractivity contribution < 1.29 is 17.9 Å². The van der Waals surface area contributed by atoms with Gasteiger partial charge in [0.25, 0.3) is 0 Å². The largest absolute Gasteiger partial charge is 0.476 e. The van der Waals surface area contributed by atoms with Crippen molar-refractivity contribution in [1.82, 2.24) is 0 Å². The van der Waals surface area contributed by atoms with E-state index in [2.05, 4.69) is 4.99 Å². The smallest absolute Gasteiger partial charge is 0.446 e. The molecular formula is C10H8F3NOS. The molecule has 1 aromatic carbocycles. The number of benzene rings is 1. The normalized spacial score (nSPS) is 15.8. The van der Waals surface area contributed by atoms with Crippen LogP contribution in [0.4, 0.5) is 13.2 Å². The molecule has 0 radical (unpaired) electrons. The zero-order valence-electron chi connectivity index (χ0n) is 8.12. The fourth-order valence-electron chi connectivity index (χ4n) is 1.31. The van der Waals surface area contributed by atoms with Crippen LogP contribution in [0.5, 0.6) is 0 Å². The molecule has 1 aromatic rings. The molecule has 0 spiro atoms. The highest BCUT2D eigenvalue weighted by atomic mass is 32.2. The number of alkyl halides is 3. The minimum Gasteiger partial charge on any atom is -0.476 e. The summed E-state index contributed by atoms with van der Waals surface area (Å²) in [5, 5.41) is 0. The number of aliphatic imine (C=N–C) groups is 1. The van der Waals surface area contributed by atoms with Gasteiger partial charge in [-0.25, -0.2) is 4.99 Å². The van der Waals surface area contributed by atoms with Crippen molar-refractivity contribution >= 4 is 17.7 Å². The van der Waals surface area contributed by atoms with E-state index in [1.54, 1.807) is 12.1 Å². The van der Waals surface area contributed by atoms with Crippen LogP contribution in [0.1, 0.15) is 5.56 Å². The van der Waals surface area contributed by atoms with Crippen LogP contribution >= 0.6 is 11.8 Å². The van der Waals surface area contributed by atoms with E-state index in [4.69, 9.17) is 4.74 Å². The second-order valence-electron chi connectivity index (χ2n) is 3.11. The summed E-state index contributed by atoms with van der Waals surface area (Å²) in [7, 11) is 0. The van der Waals surface area contributed by atoms with Gasteiger partial charge in [-0.3, -0.25) is 0 Å². The van der Waals surface area contributed by atoms with E-state index in [9.17, 15) is 13.2 Å². The SMILES string of the molecule is FC(F)(F)Sc1ccc(C2=NCCO2)cc1. The third-order valence-corrected chi connectivity index (χ3v) is 2.66. The molecule has 0 aromatic heterocycles. The van der Waals surface area contributed by atoms with Crippen LogP contribution in [0.25, 0.3) is 0 Å². The fraction of sp³-hybridized carbons (Fsp3) is 0.300. The molecule has 2 nitrogen and oxygen atoms in total. The summed E-state index contributed by atoms with van der Waals surface area (Å²) in [6.07, 6.45) is 0. The van der Waals surface area contributed by atoms with Crippen LogP contribution < -0.4 is 0 Å². The van der Waals surface area contributed by atoms with Crippen LogP contribution in [0.2, 0.25) is 0 Å². The highest BCUT2D eigenvalue weighted by molar-refractivity contribution is 8.00. The molecule has 0 atom stereocenters. The third-order valence-electron chi connectivity index (χ3n) is 1.92. The molecule has 2 rings (SSSR count). The lowest BCUT2D eigenvalue weighted by atomic mass is 10.2. The first-order chi connectivity index (χ1) is 7.54. The molecule has 6 heteroatoms. The number of hydrogen-bond acceptors (Lipinski definition) is 3. The summed E-state index contributed by atoms with van der Waals surface area (Å²) in [4.78, 5) is 4.24. The van der Waals surface area contributed by atoms with Gasteiger partial charge >= 0.3 is 5.51 Å². The van der Waals surface area contributed by atoms with Gasteiger partial charge in [-0.1, -0.05) is 0 Å². The predicted octanol–water partition coefficient (Wildman–Crippen LogP) is 3.08. The second kappa shape index (κ2) is 4.37. The van der Waals surface area contributed by atoms with Crippen molar-refractivity contribution in [3.8, 4) is 0 Å². The maximum absolute atomic E-state index is 12.1. The first kappa shape index (κ1) is 11.3. The van der Waals surface area contributed by atoms with E-state index < -0.39 is 5.51 Å². The van der Waals surface area contributed by atoms with Crippen molar-refractivity contribution in [3.05, 3.63) is 29.8 Å². The standard InChI is InChI=1S/C10H8F3NOS/c11-10(12,13)16-8-3-1-7(2-4-8)9-14-5-6-15-9/h1-4H,5-6H2. The van der Waals surface area contributed by atoms with Crippen molar-refractivity contribution in [3.63, 3.8) is 0 Å². The highest BCUT2D eigenvalue weighted by Gasteiger charge is 2.29. The van der Waals surface area contributed by atoms with Crippen molar-refractivity contribution in [2.75, 3.05) is 13.2 Å². The lowest BCUT2D eigenvalue weighted by Crippen LogP contribution is -2.02. The minimum atomic E-state index is -4.25. The van der Waals surface area contributed by atoms with Gasteiger partial charge in [0.05, 0.1) is 6.54 Å². The lowest BCUT2D eigenvalue weighted by molar-refractivity contribution is -0.0328. The molecule has 16 heavy (non-hydrogen) atoms. The van der Waals surface area contributed by atoms with Crippen molar-refractivity contribution in [1.29, 1.82) is 0 Å². The van der Waals surface area contributed by atoms with Gasteiger partial charge in [0.15, 0.2) is 0 Å². The highest BCUT2D eigenvalue weighted by Crippen LogP contribution is 2.36. The molecule has 86 valence electrons. The van der Waals surface area contributed by atoms with Gasteiger partial charge in [0.2, 0.25) is 5.90 Å². The van der Waals surface area contributed by atoms with Crippen LogP contribution in [-0.4, -0.2) is 24.6 Å². The van der Waals surface area contributed by atoms with E-state index in [0.717, 1.165) is 0 Å². The Morgan fingerprint density at radius 1 is 1.19 bits per heavy atom. The number of rotatable bonds is 2. The number of hydrogen-bond donors (Lipinski definition) is 0. The topological polar surface area (TPSA) is 21.6 Å². The number of ether oxygens (including phenoxy) is 1. The van der Waals surface area contributed by atoms with Gasteiger partial charge < -0.3 is 4.74 Å². The quantitative estimate of drug-likeness (QED) is 0.749. The van der Waals surface area contributed by atoms with Crippen LogP contribution in [-0.2, 0) is 4.74 Å². The third kappa shape index (κ3) is 2.91. The summed E-state index contributed by atoms with van der Waals surface area (Å²) < 4.78 is 41.4. The Hall–Kier alpha value is -1.17. The van der Waals surface area contributed by atoms with Gasteiger partial charge in [0, 0.05) is 10.5 Å². The predicted molar refractivity (Wildman–Crippen MR) is 55.7 cm³/mol. The Morgan fingerprint density at radius 2 is 1.88 bits per heavy atom. The molecule has 0 unspecified atom stereocenters. The monoisotopic (exact) mass is 247 g/mol. The van der Waals surface area contributed by atoms with Crippen LogP contribution in [0.3, 0.4) is 0 Å². The van der Waals surface area contributed by atoms with Gasteiger partial charge in [-0.15, -0.1) is 0 Å². The number of halogens is 3. The molecule has 1 aliphatic rings. The molecular weight excluding hydrogens is 239 g/mol. The maximum atomic E-state index is 12.1. The number of thioether (sulfide) groups is 1. The van der Waals surface area contributed by atoms with Gasteiger partial charge in [0.1, 0.15) is 6.61 Å². The first-order valence-corrected chi connectivity index (χ1v) is 5.40. The Labute approximate surface area is 94.5 Å². The van der Waals surface area contributed by atoms with E-state index in [1.807, 2.05) is 0 Å². The Morgan fingerprint density at radius 3 is 2.38 bits per heavy atom. The second-order valence-corrected chi connectivity index (χ2v) is 4.25. The molecule has 0 saturated carbocycles.